The van der Waals surface area contributed by atoms with Gasteiger partial charge in [-0.2, -0.15) is 0 Å². The fraction of sp³-hybridized carbons (Fsp3) is 0. The third-order valence-electron chi connectivity index (χ3n) is 10.5. The second kappa shape index (κ2) is 11.0. The van der Waals surface area contributed by atoms with Crippen molar-refractivity contribution in [1.29, 1.82) is 0 Å². The van der Waals surface area contributed by atoms with E-state index in [-0.39, 0.29) is 0 Å². The SMILES string of the molecule is c1ccc(-c2cccc(-n3c4ccccc4c4c5c6ccccc6n(-c6cccc(-c7cccc8c7sc7ccccc78)c6)c5ccc43)c2)cc1. The summed E-state index contributed by atoms with van der Waals surface area (Å²) in [6.45, 7) is 0. The van der Waals surface area contributed by atoms with Crippen molar-refractivity contribution < 1.29 is 0 Å². The third-order valence-corrected chi connectivity index (χ3v) is 11.7. The Morgan fingerprint density at radius 3 is 1.53 bits per heavy atom. The largest absolute Gasteiger partial charge is 0.309 e. The lowest BCUT2D eigenvalue weighted by molar-refractivity contribution is 1.17. The van der Waals surface area contributed by atoms with Crippen LogP contribution in [0.2, 0.25) is 0 Å². The van der Waals surface area contributed by atoms with Crippen LogP contribution in [0.5, 0.6) is 0 Å². The van der Waals surface area contributed by atoms with E-state index >= 15 is 0 Å². The molecule has 3 heteroatoms. The summed E-state index contributed by atoms with van der Waals surface area (Å²) in [7, 11) is 0. The summed E-state index contributed by atoms with van der Waals surface area (Å²) in [5, 5.41) is 7.74. The number of para-hydroxylation sites is 2. The molecule has 0 radical (unpaired) electrons. The molecule has 0 N–H and O–H groups in total. The molecule has 0 fully saturated rings. The van der Waals surface area contributed by atoms with E-state index in [0.717, 1.165) is 11.4 Å². The summed E-state index contributed by atoms with van der Waals surface area (Å²) in [6, 6.07) is 66.5. The van der Waals surface area contributed by atoms with Gasteiger partial charge in [-0.15, -0.1) is 11.3 Å². The van der Waals surface area contributed by atoms with Crippen molar-refractivity contribution in [3.8, 4) is 33.6 Å². The molecule has 0 saturated heterocycles. The molecular formula is C48H30N2S. The molecule has 0 saturated carbocycles. The maximum atomic E-state index is 2.46. The zero-order valence-corrected chi connectivity index (χ0v) is 28.4. The first kappa shape index (κ1) is 28.4. The summed E-state index contributed by atoms with van der Waals surface area (Å²) in [5.74, 6) is 0. The van der Waals surface area contributed by atoms with Gasteiger partial charge in [0.05, 0.1) is 22.1 Å². The number of benzene rings is 8. The first-order valence-electron chi connectivity index (χ1n) is 17.4. The molecule has 51 heavy (non-hydrogen) atoms. The Labute approximate surface area is 298 Å². The molecule has 0 amide bonds. The van der Waals surface area contributed by atoms with E-state index in [9.17, 15) is 0 Å². The molecule has 8 aromatic carbocycles. The highest BCUT2D eigenvalue weighted by atomic mass is 32.1. The second-order valence-electron chi connectivity index (χ2n) is 13.3. The standard InChI is InChI=1S/C48H30N2S/c1-2-13-31(14-3-1)32-15-10-17-34(29-32)49-41-24-7-4-20-39(41)46-43(49)27-28-44-47(46)40-21-5-8-25-42(40)50(44)35-18-11-16-33(30-35)36-22-12-23-38-37-19-6-9-26-45(37)51-48(36)38/h1-30H. The molecule has 2 nitrogen and oxygen atoms in total. The van der Waals surface area contributed by atoms with Gasteiger partial charge in [0.15, 0.2) is 0 Å². The number of fused-ring (bicyclic) bond motifs is 10. The minimum absolute atomic E-state index is 1.16. The van der Waals surface area contributed by atoms with Crippen LogP contribution in [0.4, 0.5) is 0 Å². The molecule has 0 aliphatic rings. The van der Waals surface area contributed by atoms with E-state index < -0.39 is 0 Å². The minimum atomic E-state index is 1.16. The van der Waals surface area contributed by atoms with Crippen LogP contribution in [0.25, 0.3) is 97.4 Å². The first-order valence-corrected chi connectivity index (χ1v) is 18.3. The van der Waals surface area contributed by atoms with Crippen LogP contribution in [-0.4, -0.2) is 9.13 Å². The fourth-order valence-electron chi connectivity index (χ4n) is 8.32. The number of hydrogen-bond donors (Lipinski definition) is 0. The normalized spacial score (nSPS) is 11.9. The maximum Gasteiger partial charge on any atom is 0.0548 e. The van der Waals surface area contributed by atoms with Crippen molar-refractivity contribution >= 4 is 75.1 Å². The van der Waals surface area contributed by atoms with Gasteiger partial charge >= 0.3 is 0 Å². The highest BCUT2D eigenvalue weighted by molar-refractivity contribution is 7.26. The van der Waals surface area contributed by atoms with Gasteiger partial charge < -0.3 is 9.13 Å². The number of nitrogens with zero attached hydrogens (tertiary/aromatic N) is 2. The first-order chi connectivity index (χ1) is 25.3. The van der Waals surface area contributed by atoms with E-state index in [4.69, 9.17) is 0 Å². The lowest BCUT2D eigenvalue weighted by Crippen LogP contribution is -1.95. The molecule has 11 aromatic rings. The Bertz CT molecular complexity index is 3140. The second-order valence-corrected chi connectivity index (χ2v) is 14.4. The number of thiophene rings is 1. The lowest BCUT2D eigenvalue weighted by atomic mass is 10.0. The van der Waals surface area contributed by atoms with Crippen LogP contribution in [0.15, 0.2) is 182 Å². The van der Waals surface area contributed by atoms with Crippen molar-refractivity contribution in [3.63, 3.8) is 0 Å². The Kier molecular flexibility index (Phi) is 6.16. The van der Waals surface area contributed by atoms with Gasteiger partial charge in [-0.05, 0) is 76.9 Å². The Balaban J connectivity index is 1.17. The highest BCUT2D eigenvalue weighted by Crippen LogP contribution is 2.44. The molecule has 3 heterocycles. The van der Waals surface area contributed by atoms with Gasteiger partial charge in [0, 0.05) is 53.1 Å². The highest BCUT2D eigenvalue weighted by Gasteiger charge is 2.21. The van der Waals surface area contributed by atoms with Crippen molar-refractivity contribution in [2.75, 3.05) is 0 Å². The predicted molar refractivity (Wildman–Crippen MR) is 219 cm³/mol. The van der Waals surface area contributed by atoms with Gasteiger partial charge in [-0.1, -0.05) is 127 Å². The summed E-state index contributed by atoms with van der Waals surface area (Å²) in [4.78, 5) is 0. The monoisotopic (exact) mass is 666 g/mol. The van der Waals surface area contributed by atoms with Crippen molar-refractivity contribution in [2.24, 2.45) is 0 Å². The molecular weight excluding hydrogens is 637 g/mol. The minimum Gasteiger partial charge on any atom is -0.309 e. The van der Waals surface area contributed by atoms with E-state index in [1.807, 2.05) is 11.3 Å². The molecule has 0 atom stereocenters. The van der Waals surface area contributed by atoms with Gasteiger partial charge in [-0.25, -0.2) is 0 Å². The van der Waals surface area contributed by atoms with Gasteiger partial charge in [0.1, 0.15) is 0 Å². The number of hydrogen-bond acceptors (Lipinski definition) is 1. The van der Waals surface area contributed by atoms with Crippen LogP contribution in [0.3, 0.4) is 0 Å². The summed E-state index contributed by atoms with van der Waals surface area (Å²) in [5.41, 5.74) is 12.1. The van der Waals surface area contributed by atoms with Crippen LogP contribution < -0.4 is 0 Å². The van der Waals surface area contributed by atoms with Crippen LogP contribution in [0.1, 0.15) is 0 Å². The fourth-order valence-corrected chi connectivity index (χ4v) is 9.56. The molecule has 0 spiro atoms. The van der Waals surface area contributed by atoms with Gasteiger partial charge in [-0.3, -0.25) is 0 Å². The van der Waals surface area contributed by atoms with Crippen molar-refractivity contribution in [3.05, 3.63) is 182 Å². The molecule has 0 unspecified atom stereocenters. The quantitative estimate of drug-likeness (QED) is 0.177. The average molecular weight is 667 g/mol. The zero-order valence-electron chi connectivity index (χ0n) is 27.6. The van der Waals surface area contributed by atoms with Gasteiger partial charge in [0.25, 0.3) is 0 Å². The molecule has 0 bridgehead atoms. The third kappa shape index (κ3) is 4.22. The Hall–Kier alpha value is -6.42. The number of rotatable bonds is 4. The average Bonchev–Trinajstić information content (AvgIpc) is 3.86. The maximum absolute atomic E-state index is 2.46. The van der Waals surface area contributed by atoms with E-state index in [1.54, 1.807) is 0 Å². The zero-order chi connectivity index (χ0) is 33.5. The summed E-state index contributed by atoms with van der Waals surface area (Å²) < 4.78 is 7.56. The summed E-state index contributed by atoms with van der Waals surface area (Å²) in [6.07, 6.45) is 0. The molecule has 238 valence electrons. The van der Waals surface area contributed by atoms with Gasteiger partial charge in [0.2, 0.25) is 0 Å². The Morgan fingerprint density at radius 1 is 0.333 bits per heavy atom. The molecule has 0 aliphatic carbocycles. The molecule has 0 aliphatic heterocycles. The molecule has 3 aromatic heterocycles. The predicted octanol–water partition coefficient (Wildman–Crippen LogP) is 13.6. The lowest BCUT2D eigenvalue weighted by Gasteiger charge is -2.12. The topological polar surface area (TPSA) is 9.86 Å². The van der Waals surface area contributed by atoms with Crippen LogP contribution in [-0.2, 0) is 0 Å². The van der Waals surface area contributed by atoms with Crippen molar-refractivity contribution in [1.82, 2.24) is 9.13 Å². The number of aromatic nitrogens is 2. The van der Waals surface area contributed by atoms with Crippen molar-refractivity contribution in [2.45, 2.75) is 0 Å². The van der Waals surface area contributed by atoms with Crippen LogP contribution in [0, 0.1) is 0 Å². The van der Waals surface area contributed by atoms with Crippen LogP contribution >= 0.6 is 11.3 Å². The molecule has 11 rings (SSSR count). The smallest absolute Gasteiger partial charge is 0.0548 e. The van der Waals surface area contributed by atoms with E-state index in [1.165, 1.54) is 86.0 Å². The van der Waals surface area contributed by atoms with E-state index in [0.29, 0.717) is 0 Å². The summed E-state index contributed by atoms with van der Waals surface area (Å²) >= 11 is 1.88. The Morgan fingerprint density at radius 2 is 0.843 bits per heavy atom. The van der Waals surface area contributed by atoms with E-state index in [2.05, 4.69) is 191 Å².